The van der Waals surface area contributed by atoms with Crippen LogP contribution in [0.25, 0.3) is 0 Å². The largest absolute Gasteiger partial charge is 0.480 e. The molecule has 0 saturated carbocycles. The first-order chi connectivity index (χ1) is 6.52. The fourth-order valence-corrected chi connectivity index (χ4v) is 1.42. The zero-order valence-electron chi connectivity index (χ0n) is 7.77. The molecule has 0 aliphatic rings. The molecule has 0 bridgehead atoms. The number of hydrogen-bond acceptors (Lipinski definition) is 4. The van der Waals surface area contributed by atoms with Crippen LogP contribution >= 0.6 is 11.3 Å². The van der Waals surface area contributed by atoms with Crippen LogP contribution in [0.3, 0.4) is 0 Å². The summed E-state index contributed by atoms with van der Waals surface area (Å²) in [6.45, 7) is 3.17. The monoisotopic (exact) mass is 214 g/mol. The molecule has 0 fully saturated rings. The van der Waals surface area contributed by atoms with Crippen molar-refractivity contribution in [2.24, 2.45) is 0 Å². The molecule has 0 unspecified atom stereocenters. The van der Waals surface area contributed by atoms with Crippen molar-refractivity contribution in [1.82, 2.24) is 10.3 Å². The minimum Gasteiger partial charge on any atom is -0.480 e. The summed E-state index contributed by atoms with van der Waals surface area (Å²) in [5, 5.41) is 10.9. The SMILES string of the molecule is Cc1scnc1C(=O)N[C@@H](C)C(=O)O. The van der Waals surface area contributed by atoms with Gasteiger partial charge in [-0.3, -0.25) is 9.59 Å². The van der Waals surface area contributed by atoms with E-state index in [1.807, 2.05) is 0 Å². The molecule has 0 aliphatic heterocycles. The lowest BCUT2D eigenvalue weighted by Gasteiger charge is -2.07. The number of thiazole rings is 1. The van der Waals surface area contributed by atoms with Crippen LogP contribution in [0.2, 0.25) is 0 Å². The van der Waals surface area contributed by atoms with E-state index in [1.165, 1.54) is 18.3 Å². The molecule has 76 valence electrons. The third kappa shape index (κ3) is 2.29. The van der Waals surface area contributed by atoms with Gasteiger partial charge < -0.3 is 10.4 Å². The van der Waals surface area contributed by atoms with E-state index in [0.717, 1.165) is 4.88 Å². The van der Waals surface area contributed by atoms with Gasteiger partial charge in [-0.25, -0.2) is 4.98 Å². The van der Waals surface area contributed by atoms with Crippen LogP contribution in [-0.2, 0) is 4.79 Å². The molecule has 1 aromatic rings. The van der Waals surface area contributed by atoms with E-state index < -0.39 is 17.9 Å². The molecule has 14 heavy (non-hydrogen) atoms. The number of carbonyl (C=O) groups is 2. The summed E-state index contributed by atoms with van der Waals surface area (Å²) in [6, 6.07) is -0.899. The zero-order chi connectivity index (χ0) is 10.7. The number of aliphatic carboxylic acids is 1. The number of carboxylic acid groups (broad SMARTS) is 1. The van der Waals surface area contributed by atoms with Crippen LogP contribution in [0.1, 0.15) is 22.3 Å². The predicted molar refractivity (Wildman–Crippen MR) is 51.4 cm³/mol. The smallest absolute Gasteiger partial charge is 0.325 e. The van der Waals surface area contributed by atoms with Crippen molar-refractivity contribution in [1.29, 1.82) is 0 Å². The minimum absolute atomic E-state index is 0.295. The quantitative estimate of drug-likeness (QED) is 0.774. The Morgan fingerprint density at radius 3 is 2.71 bits per heavy atom. The van der Waals surface area contributed by atoms with Gasteiger partial charge in [-0.15, -0.1) is 11.3 Å². The molecule has 1 aromatic heterocycles. The standard InChI is InChI=1S/C8H10N2O3S/c1-4(8(12)13)10-7(11)6-5(2)14-3-9-6/h3-4H,1-2H3,(H,10,11)(H,12,13)/t4-/m0/s1. The molecule has 6 heteroatoms. The van der Waals surface area contributed by atoms with Gasteiger partial charge in [0.2, 0.25) is 0 Å². The van der Waals surface area contributed by atoms with Gasteiger partial charge in [-0.05, 0) is 13.8 Å². The average molecular weight is 214 g/mol. The van der Waals surface area contributed by atoms with Crippen molar-refractivity contribution in [2.45, 2.75) is 19.9 Å². The van der Waals surface area contributed by atoms with Crippen molar-refractivity contribution in [3.05, 3.63) is 16.1 Å². The average Bonchev–Trinajstić information content (AvgIpc) is 2.51. The first kappa shape index (κ1) is 10.6. The van der Waals surface area contributed by atoms with Gasteiger partial charge >= 0.3 is 5.97 Å². The maximum atomic E-state index is 11.4. The van der Waals surface area contributed by atoms with E-state index in [4.69, 9.17) is 5.11 Å². The fraction of sp³-hybridized carbons (Fsp3) is 0.375. The first-order valence-electron chi connectivity index (χ1n) is 3.96. The highest BCUT2D eigenvalue weighted by molar-refractivity contribution is 7.09. The first-order valence-corrected chi connectivity index (χ1v) is 4.84. The van der Waals surface area contributed by atoms with E-state index >= 15 is 0 Å². The van der Waals surface area contributed by atoms with Crippen molar-refractivity contribution in [3.63, 3.8) is 0 Å². The Morgan fingerprint density at radius 1 is 1.64 bits per heavy atom. The number of hydrogen-bond donors (Lipinski definition) is 2. The topological polar surface area (TPSA) is 79.3 Å². The van der Waals surface area contributed by atoms with Crippen molar-refractivity contribution < 1.29 is 14.7 Å². The Balaban J connectivity index is 2.69. The second-order valence-corrected chi connectivity index (χ2v) is 3.85. The van der Waals surface area contributed by atoms with Crippen molar-refractivity contribution in [3.8, 4) is 0 Å². The molecule has 1 amide bonds. The Kier molecular flexibility index (Phi) is 3.19. The lowest BCUT2D eigenvalue weighted by atomic mass is 10.3. The lowest BCUT2D eigenvalue weighted by molar-refractivity contribution is -0.138. The lowest BCUT2D eigenvalue weighted by Crippen LogP contribution is -2.38. The molecule has 5 nitrogen and oxygen atoms in total. The number of aromatic nitrogens is 1. The summed E-state index contributed by atoms with van der Waals surface area (Å²) in [5.74, 6) is -1.51. The molecule has 0 saturated heterocycles. The molecule has 1 heterocycles. The number of rotatable bonds is 3. The highest BCUT2D eigenvalue weighted by Crippen LogP contribution is 2.10. The van der Waals surface area contributed by atoms with Crippen LogP contribution in [0, 0.1) is 6.92 Å². The summed E-state index contributed by atoms with van der Waals surface area (Å²) in [6.07, 6.45) is 0. The summed E-state index contributed by atoms with van der Waals surface area (Å²) in [5.41, 5.74) is 1.85. The van der Waals surface area contributed by atoms with Crippen LogP contribution < -0.4 is 5.32 Å². The molecule has 0 aromatic carbocycles. The summed E-state index contributed by atoms with van der Waals surface area (Å²) >= 11 is 1.35. The highest BCUT2D eigenvalue weighted by atomic mass is 32.1. The zero-order valence-corrected chi connectivity index (χ0v) is 8.59. The van der Waals surface area contributed by atoms with Gasteiger partial charge in [0.25, 0.3) is 5.91 Å². The summed E-state index contributed by atoms with van der Waals surface area (Å²) in [7, 11) is 0. The van der Waals surface area contributed by atoms with E-state index in [9.17, 15) is 9.59 Å². The normalized spacial score (nSPS) is 12.1. The van der Waals surface area contributed by atoms with E-state index in [-0.39, 0.29) is 0 Å². The molecule has 1 rings (SSSR count). The van der Waals surface area contributed by atoms with Gasteiger partial charge in [-0.2, -0.15) is 0 Å². The number of aryl methyl sites for hydroxylation is 1. The maximum Gasteiger partial charge on any atom is 0.325 e. The van der Waals surface area contributed by atoms with E-state index in [0.29, 0.717) is 5.69 Å². The van der Waals surface area contributed by atoms with Crippen molar-refractivity contribution >= 4 is 23.2 Å². The van der Waals surface area contributed by atoms with Crippen LogP contribution in [0.5, 0.6) is 0 Å². The number of nitrogens with zero attached hydrogens (tertiary/aromatic N) is 1. The Bertz CT molecular complexity index is 361. The van der Waals surface area contributed by atoms with Gasteiger partial charge in [0.05, 0.1) is 5.51 Å². The Labute approximate surface area is 84.8 Å². The van der Waals surface area contributed by atoms with Crippen LogP contribution in [0.15, 0.2) is 5.51 Å². The van der Waals surface area contributed by atoms with Gasteiger partial charge in [0.15, 0.2) is 0 Å². The second kappa shape index (κ2) is 4.19. The molecule has 1 atom stereocenters. The molecule has 0 spiro atoms. The third-order valence-corrected chi connectivity index (χ3v) is 2.44. The van der Waals surface area contributed by atoms with Crippen LogP contribution in [0.4, 0.5) is 0 Å². The molecule has 2 N–H and O–H groups in total. The number of carboxylic acids is 1. The number of nitrogens with one attached hydrogen (secondary N) is 1. The fourth-order valence-electron chi connectivity index (χ4n) is 0.850. The second-order valence-electron chi connectivity index (χ2n) is 2.79. The van der Waals surface area contributed by atoms with Crippen LogP contribution in [-0.4, -0.2) is 28.0 Å². The summed E-state index contributed by atoms with van der Waals surface area (Å²) < 4.78 is 0. The predicted octanol–water partition coefficient (Wildman–Crippen LogP) is 0.654. The minimum atomic E-state index is -1.06. The van der Waals surface area contributed by atoms with Gasteiger partial charge in [-0.1, -0.05) is 0 Å². The van der Waals surface area contributed by atoms with E-state index in [2.05, 4.69) is 10.3 Å². The summed E-state index contributed by atoms with van der Waals surface area (Å²) in [4.78, 5) is 26.5. The van der Waals surface area contributed by atoms with Gasteiger partial charge in [0, 0.05) is 4.88 Å². The third-order valence-electron chi connectivity index (χ3n) is 1.68. The van der Waals surface area contributed by atoms with E-state index in [1.54, 1.807) is 12.4 Å². The number of amides is 1. The molecular formula is C8H10N2O3S. The maximum absolute atomic E-state index is 11.4. The Hall–Kier alpha value is -1.43. The molecule has 0 radical (unpaired) electrons. The Morgan fingerprint density at radius 2 is 2.29 bits per heavy atom. The molecular weight excluding hydrogens is 204 g/mol. The van der Waals surface area contributed by atoms with Crippen molar-refractivity contribution in [2.75, 3.05) is 0 Å². The highest BCUT2D eigenvalue weighted by Gasteiger charge is 2.17. The molecule has 0 aliphatic carbocycles. The van der Waals surface area contributed by atoms with Gasteiger partial charge in [0.1, 0.15) is 11.7 Å². The number of carbonyl (C=O) groups excluding carboxylic acids is 1.